The number of sulfone groups is 1. The Bertz CT molecular complexity index is 514. The van der Waals surface area contributed by atoms with Gasteiger partial charge in [-0.1, -0.05) is 17.7 Å². The number of rotatable bonds is 5. The maximum atomic E-state index is 11.1. The molecule has 0 saturated carbocycles. The lowest BCUT2D eigenvalue weighted by atomic mass is 10.1. The maximum Gasteiger partial charge on any atom is 0.149 e. The monoisotopic (exact) mass is 291 g/mol. The van der Waals surface area contributed by atoms with Gasteiger partial charge in [-0.2, -0.15) is 0 Å². The third-order valence-electron chi connectivity index (χ3n) is 2.66. The van der Waals surface area contributed by atoms with Gasteiger partial charge in [0, 0.05) is 19.8 Å². The van der Waals surface area contributed by atoms with Crippen LogP contribution in [0.3, 0.4) is 0 Å². The van der Waals surface area contributed by atoms with Crippen molar-refractivity contribution in [3.63, 3.8) is 0 Å². The molecule has 1 aromatic rings. The van der Waals surface area contributed by atoms with Crippen LogP contribution < -0.4 is 4.90 Å². The molecule has 0 aliphatic heterocycles. The number of halogens is 1. The maximum absolute atomic E-state index is 11.1. The molecule has 0 aliphatic rings. The van der Waals surface area contributed by atoms with E-state index in [2.05, 4.69) is 0 Å². The average molecular weight is 292 g/mol. The van der Waals surface area contributed by atoms with Crippen molar-refractivity contribution in [1.29, 1.82) is 0 Å². The van der Waals surface area contributed by atoms with Crippen LogP contribution in [0.25, 0.3) is 0 Å². The molecule has 0 spiro atoms. The molecule has 1 rings (SSSR count). The summed E-state index contributed by atoms with van der Waals surface area (Å²) in [5, 5.41) is 9.94. The van der Waals surface area contributed by atoms with Crippen LogP contribution in [0.2, 0.25) is 5.02 Å². The lowest BCUT2D eigenvalue weighted by Crippen LogP contribution is -2.25. The van der Waals surface area contributed by atoms with Crippen LogP contribution >= 0.6 is 11.6 Å². The summed E-state index contributed by atoms with van der Waals surface area (Å²) >= 11 is 6.12. The topological polar surface area (TPSA) is 57.6 Å². The summed E-state index contributed by atoms with van der Waals surface area (Å²) in [4.78, 5) is 1.79. The standard InChI is InChI=1S/C12H18ClNO3S/c1-9(15)10-4-5-12(11(13)8-10)14(2)6-7-18(3,16)17/h4-5,8-9,15H,6-7H2,1-3H3/t9-/m0/s1. The third-order valence-corrected chi connectivity index (χ3v) is 3.89. The summed E-state index contributed by atoms with van der Waals surface area (Å²) in [6, 6.07) is 5.26. The van der Waals surface area contributed by atoms with E-state index in [9.17, 15) is 13.5 Å². The predicted molar refractivity (Wildman–Crippen MR) is 75.1 cm³/mol. The molecule has 1 N–H and O–H groups in total. The summed E-state index contributed by atoms with van der Waals surface area (Å²) in [5.41, 5.74) is 1.49. The Hall–Kier alpha value is -0.780. The molecule has 0 heterocycles. The van der Waals surface area contributed by atoms with E-state index in [4.69, 9.17) is 11.6 Å². The van der Waals surface area contributed by atoms with Crippen molar-refractivity contribution in [2.75, 3.05) is 30.5 Å². The number of hydrogen-bond donors (Lipinski definition) is 1. The van der Waals surface area contributed by atoms with Crippen LogP contribution in [0.15, 0.2) is 18.2 Å². The Morgan fingerprint density at radius 1 is 1.44 bits per heavy atom. The Labute approximate surface area is 113 Å². The van der Waals surface area contributed by atoms with Crippen LogP contribution in [0.5, 0.6) is 0 Å². The minimum absolute atomic E-state index is 0.0813. The van der Waals surface area contributed by atoms with Gasteiger partial charge >= 0.3 is 0 Å². The first-order valence-electron chi connectivity index (χ1n) is 5.57. The molecule has 6 heteroatoms. The SMILES string of the molecule is C[C@H](O)c1ccc(N(C)CCS(C)(=O)=O)c(Cl)c1. The fourth-order valence-corrected chi connectivity index (χ4v) is 2.45. The van der Waals surface area contributed by atoms with Crippen molar-refractivity contribution in [2.24, 2.45) is 0 Å². The van der Waals surface area contributed by atoms with Crippen molar-refractivity contribution in [1.82, 2.24) is 0 Å². The first-order valence-corrected chi connectivity index (χ1v) is 8.01. The molecular formula is C12H18ClNO3S. The van der Waals surface area contributed by atoms with Gasteiger partial charge in [0.1, 0.15) is 9.84 Å². The fourth-order valence-electron chi connectivity index (χ4n) is 1.52. The Morgan fingerprint density at radius 3 is 2.50 bits per heavy atom. The summed E-state index contributed by atoms with van der Waals surface area (Å²) in [6.45, 7) is 2.05. The Morgan fingerprint density at radius 2 is 2.06 bits per heavy atom. The fraction of sp³-hybridized carbons (Fsp3) is 0.500. The van der Waals surface area contributed by atoms with Crippen molar-refractivity contribution < 1.29 is 13.5 Å². The molecule has 0 amide bonds. The smallest absolute Gasteiger partial charge is 0.149 e. The molecule has 0 saturated heterocycles. The molecule has 18 heavy (non-hydrogen) atoms. The molecule has 0 aromatic heterocycles. The summed E-state index contributed by atoms with van der Waals surface area (Å²) < 4.78 is 22.2. The van der Waals surface area contributed by atoms with E-state index in [1.54, 1.807) is 37.1 Å². The number of anilines is 1. The first kappa shape index (κ1) is 15.3. The average Bonchev–Trinajstić information content (AvgIpc) is 2.24. The van der Waals surface area contributed by atoms with Gasteiger partial charge in [0.25, 0.3) is 0 Å². The van der Waals surface area contributed by atoms with E-state index in [1.807, 2.05) is 0 Å². The minimum atomic E-state index is -2.99. The van der Waals surface area contributed by atoms with Gasteiger partial charge in [0.2, 0.25) is 0 Å². The highest BCUT2D eigenvalue weighted by Crippen LogP contribution is 2.28. The third kappa shape index (κ3) is 4.48. The second-order valence-corrected chi connectivity index (χ2v) is 7.11. The molecule has 0 fully saturated rings. The summed E-state index contributed by atoms with van der Waals surface area (Å²) in [5.74, 6) is 0.0813. The highest BCUT2D eigenvalue weighted by atomic mass is 35.5. The lowest BCUT2D eigenvalue weighted by Gasteiger charge is -2.21. The minimum Gasteiger partial charge on any atom is -0.389 e. The zero-order valence-electron chi connectivity index (χ0n) is 10.7. The second kappa shape index (κ2) is 5.91. The van der Waals surface area contributed by atoms with E-state index >= 15 is 0 Å². The number of benzene rings is 1. The van der Waals surface area contributed by atoms with Gasteiger partial charge < -0.3 is 10.0 Å². The van der Waals surface area contributed by atoms with Crippen LogP contribution in [0, 0.1) is 0 Å². The van der Waals surface area contributed by atoms with Crippen molar-refractivity contribution in [3.8, 4) is 0 Å². The predicted octanol–water partition coefficient (Wildman–Crippen LogP) is 1.87. The van der Waals surface area contributed by atoms with Gasteiger partial charge in [-0.25, -0.2) is 8.42 Å². The largest absolute Gasteiger partial charge is 0.389 e. The van der Waals surface area contributed by atoms with Gasteiger partial charge in [-0.3, -0.25) is 0 Å². The summed E-state index contributed by atoms with van der Waals surface area (Å²) in [6.07, 6.45) is 0.636. The van der Waals surface area contributed by atoms with E-state index in [0.717, 1.165) is 11.3 Å². The highest BCUT2D eigenvalue weighted by Gasteiger charge is 2.11. The van der Waals surface area contributed by atoms with E-state index in [0.29, 0.717) is 11.6 Å². The van der Waals surface area contributed by atoms with Crippen LogP contribution in [-0.4, -0.2) is 39.1 Å². The number of hydrogen-bond acceptors (Lipinski definition) is 4. The zero-order chi connectivity index (χ0) is 13.9. The van der Waals surface area contributed by atoms with Gasteiger partial charge in [-0.15, -0.1) is 0 Å². The molecule has 0 bridgehead atoms. The van der Waals surface area contributed by atoms with Gasteiger partial charge in [0.05, 0.1) is 22.6 Å². The molecule has 1 atom stereocenters. The Kier molecular flexibility index (Phi) is 5.01. The van der Waals surface area contributed by atoms with Crippen molar-refractivity contribution in [3.05, 3.63) is 28.8 Å². The van der Waals surface area contributed by atoms with Crippen molar-refractivity contribution in [2.45, 2.75) is 13.0 Å². The molecule has 102 valence electrons. The number of nitrogens with zero attached hydrogens (tertiary/aromatic N) is 1. The number of aliphatic hydroxyl groups excluding tert-OH is 1. The van der Waals surface area contributed by atoms with Crippen LogP contribution in [-0.2, 0) is 9.84 Å². The Balaban J connectivity index is 2.84. The van der Waals surface area contributed by atoms with Gasteiger partial charge in [-0.05, 0) is 24.6 Å². The van der Waals surface area contributed by atoms with E-state index < -0.39 is 15.9 Å². The number of aliphatic hydroxyl groups is 1. The van der Waals surface area contributed by atoms with E-state index in [1.165, 1.54) is 6.26 Å². The lowest BCUT2D eigenvalue weighted by molar-refractivity contribution is 0.199. The molecule has 0 aliphatic carbocycles. The molecule has 0 unspecified atom stereocenters. The van der Waals surface area contributed by atoms with Crippen molar-refractivity contribution >= 4 is 27.1 Å². The molecular weight excluding hydrogens is 274 g/mol. The van der Waals surface area contributed by atoms with Gasteiger partial charge in [0.15, 0.2) is 0 Å². The summed E-state index contributed by atoms with van der Waals surface area (Å²) in [7, 11) is -1.20. The molecule has 1 aromatic carbocycles. The van der Waals surface area contributed by atoms with Crippen LogP contribution in [0.1, 0.15) is 18.6 Å². The van der Waals surface area contributed by atoms with Crippen LogP contribution in [0.4, 0.5) is 5.69 Å². The van der Waals surface area contributed by atoms with E-state index in [-0.39, 0.29) is 5.75 Å². The first-order chi connectivity index (χ1) is 8.20. The zero-order valence-corrected chi connectivity index (χ0v) is 12.3. The normalized spacial score (nSPS) is 13.4. The quantitative estimate of drug-likeness (QED) is 0.900. The molecule has 4 nitrogen and oxygen atoms in total. The molecule has 0 radical (unpaired) electrons. The highest BCUT2D eigenvalue weighted by molar-refractivity contribution is 7.90. The second-order valence-electron chi connectivity index (χ2n) is 4.44.